The lowest BCUT2D eigenvalue weighted by Gasteiger charge is -2.39. The van der Waals surface area contributed by atoms with Gasteiger partial charge in [0.15, 0.2) is 11.9 Å². The van der Waals surface area contributed by atoms with Gasteiger partial charge in [-0.2, -0.15) is 10.1 Å². The highest BCUT2D eigenvalue weighted by atomic mass is 19.1. The minimum atomic E-state index is -0.667. The number of aromatic nitrogens is 5. The van der Waals surface area contributed by atoms with E-state index in [1.54, 1.807) is 13.3 Å². The molecule has 1 aliphatic carbocycles. The zero-order valence-electron chi connectivity index (χ0n) is 18.7. The Kier molecular flexibility index (Phi) is 5.19. The average molecular weight is 469 g/mol. The third-order valence-corrected chi connectivity index (χ3v) is 7.03. The van der Waals surface area contributed by atoms with Gasteiger partial charge >= 0.3 is 0 Å². The minimum absolute atomic E-state index is 0.154. The smallest absolute Gasteiger partial charge is 0.242 e. The normalized spacial score (nSPS) is 25.3. The van der Waals surface area contributed by atoms with Gasteiger partial charge in [-0.3, -0.25) is 0 Å². The summed E-state index contributed by atoms with van der Waals surface area (Å²) >= 11 is 0. The Morgan fingerprint density at radius 1 is 1.03 bits per heavy atom. The quantitative estimate of drug-likeness (QED) is 0.589. The molecule has 2 bridgehead atoms. The molecule has 1 aromatic carbocycles. The van der Waals surface area contributed by atoms with E-state index in [0.717, 1.165) is 37.7 Å². The molecule has 1 saturated heterocycles. The molecule has 6 rings (SSSR count). The van der Waals surface area contributed by atoms with Crippen LogP contribution in [0.4, 0.5) is 20.4 Å². The number of rotatable bonds is 6. The maximum Gasteiger partial charge on any atom is 0.242 e. The van der Waals surface area contributed by atoms with Crippen LogP contribution in [-0.2, 0) is 6.54 Å². The topological polar surface area (TPSA) is 90.2 Å². The monoisotopic (exact) mass is 469 g/mol. The van der Waals surface area contributed by atoms with Crippen LogP contribution in [0.25, 0.3) is 0 Å². The molecule has 9 nitrogen and oxygen atoms in total. The summed E-state index contributed by atoms with van der Waals surface area (Å²) < 4.78 is 40.0. The lowest BCUT2D eigenvalue weighted by Crippen LogP contribution is -2.48. The number of aryl methyl sites for hydroxylation is 1. The number of hydrogen-bond acceptors (Lipinski definition) is 8. The number of ether oxygens (including phenoxy) is 2. The van der Waals surface area contributed by atoms with Crippen molar-refractivity contribution in [2.75, 3.05) is 30.4 Å². The highest BCUT2D eigenvalue weighted by Crippen LogP contribution is 2.40. The van der Waals surface area contributed by atoms with Crippen LogP contribution in [0.3, 0.4) is 0 Å². The molecule has 11 heteroatoms. The van der Waals surface area contributed by atoms with E-state index in [9.17, 15) is 8.78 Å². The number of piperidine rings is 1. The predicted molar refractivity (Wildman–Crippen MR) is 119 cm³/mol. The molecule has 0 spiro atoms. The minimum Gasteiger partial charge on any atom is -0.482 e. The van der Waals surface area contributed by atoms with E-state index in [1.165, 1.54) is 12.1 Å². The number of anilines is 2. The van der Waals surface area contributed by atoms with Crippen molar-refractivity contribution in [3.63, 3.8) is 0 Å². The second kappa shape index (κ2) is 8.37. The molecular weight excluding hydrogens is 444 g/mol. The van der Waals surface area contributed by atoms with Crippen molar-refractivity contribution < 1.29 is 18.3 Å². The van der Waals surface area contributed by atoms with Crippen LogP contribution >= 0.6 is 0 Å². The summed E-state index contributed by atoms with van der Waals surface area (Å²) in [7, 11) is 1.59. The van der Waals surface area contributed by atoms with Crippen LogP contribution in [0.2, 0.25) is 0 Å². The van der Waals surface area contributed by atoms with Crippen molar-refractivity contribution in [2.45, 2.75) is 38.0 Å². The summed E-state index contributed by atoms with van der Waals surface area (Å²) in [6.45, 7) is 2.47. The van der Waals surface area contributed by atoms with Gasteiger partial charge in [-0.1, -0.05) is 0 Å². The number of methoxy groups -OCH3 is 1. The fourth-order valence-electron chi connectivity index (χ4n) is 5.49. The third-order valence-electron chi connectivity index (χ3n) is 7.03. The van der Waals surface area contributed by atoms with Crippen molar-refractivity contribution in [1.29, 1.82) is 0 Å². The predicted octanol–water partition coefficient (Wildman–Crippen LogP) is 3.21. The summed E-state index contributed by atoms with van der Waals surface area (Å²) in [4.78, 5) is 7.03. The molecule has 2 aromatic heterocycles. The van der Waals surface area contributed by atoms with Gasteiger partial charge in [0, 0.05) is 56.4 Å². The molecule has 2 aliphatic heterocycles. The van der Waals surface area contributed by atoms with Crippen LogP contribution in [0, 0.1) is 23.5 Å². The fraction of sp³-hybridized carbons (Fsp3) is 0.478. The standard InChI is InChI=1S/C23H25F2N7O2/c1-33-20-9-17(10-26-29-20)31-11-13-2-3-14(12-31)21(13)27-23-28-22-19(4-5-32(22)30-23)34-18-7-15(24)6-16(25)8-18/h6-10,13-14,19,21H,2-5,11-12H2,1H3,(H,27,30)/t13-,14+,19-,21-/m1/s1. The van der Waals surface area contributed by atoms with E-state index in [1.807, 2.05) is 10.7 Å². The number of nitrogens with one attached hydrogen (secondary N) is 1. The summed E-state index contributed by atoms with van der Waals surface area (Å²) in [6, 6.07) is 5.40. The number of benzene rings is 1. The largest absolute Gasteiger partial charge is 0.482 e. The van der Waals surface area contributed by atoms with Gasteiger partial charge in [0.25, 0.3) is 0 Å². The summed E-state index contributed by atoms with van der Waals surface area (Å²) in [5.41, 5.74) is 1.02. The molecule has 3 aromatic rings. The molecule has 4 heterocycles. The van der Waals surface area contributed by atoms with Crippen molar-refractivity contribution in [3.8, 4) is 11.6 Å². The zero-order valence-corrected chi connectivity index (χ0v) is 18.7. The lowest BCUT2D eigenvalue weighted by molar-refractivity contribution is 0.201. The van der Waals surface area contributed by atoms with Gasteiger partial charge in [0.2, 0.25) is 11.8 Å². The Morgan fingerprint density at radius 3 is 2.53 bits per heavy atom. The second-order valence-corrected chi connectivity index (χ2v) is 9.15. The van der Waals surface area contributed by atoms with Crippen molar-refractivity contribution in [3.05, 3.63) is 47.9 Å². The van der Waals surface area contributed by atoms with Crippen molar-refractivity contribution in [1.82, 2.24) is 25.0 Å². The highest BCUT2D eigenvalue weighted by Gasteiger charge is 2.43. The zero-order chi connectivity index (χ0) is 23.2. The first-order valence-corrected chi connectivity index (χ1v) is 11.5. The Hall–Kier alpha value is -3.50. The van der Waals surface area contributed by atoms with Gasteiger partial charge in [-0.05, 0) is 24.7 Å². The summed E-state index contributed by atoms with van der Waals surface area (Å²) in [5.74, 6) is 1.50. The maximum absolute atomic E-state index is 13.5. The first kappa shape index (κ1) is 21.1. The van der Waals surface area contributed by atoms with Gasteiger partial charge in [0.05, 0.1) is 19.0 Å². The summed E-state index contributed by atoms with van der Waals surface area (Å²) in [5, 5.41) is 16.2. The fourth-order valence-corrected chi connectivity index (χ4v) is 5.49. The van der Waals surface area contributed by atoms with E-state index in [2.05, 4.69) is 30.5 Å². The van der Waals surface area contributed by atoms with Gasteiger partial charge < -0.3 is 19.7 Å². The molecule has 34 heavy (non-hydrogen) atoms. The molecule has 2 fully saturated rings. The molecule has 1 saturated carbocycles. The number of nitrogens with zero attached hydrogens (tertiary/aromatic N) is 6. The highest BCUT2D eigenvalue weighted by molar-refractivity contribution is 5.48. The van der Waals surface area contributed by atoms with Crippen molar-refractivity contribution >= 4 is 11.6 Å². The van der Waals surface area contributed by atoms with Crippen LogP contribution in [0.5, 0.6) is 11.6 Å². The molecule has 4 atom stereocenters. The van der Waals surface area contributed by atoms with Crippen LogP contribution in [0.1, 0.15) is 31.2 Å². The van der Waals surface area contributed by atoms with Gasteiger partial charge in [0.1, 0.15) is 17.4 Å². The molecule has 0 unspecified atom stereocenters. The van der Waals surface area contributed by atoms with Crippen LogP contribution in [0.15, 0.2) is 30.5 Å². The number of halogens is 2. The molecule has 178 valence electrons. The molecule has 0 radical (unpaired) electrons. The van der Waals surface area contributed by atoms with E-state index < -0.39 is 17.7 Å². The molecule has 3 aliphatic rings. The summed E-state index contributed by atoms with van der Waals surface area (Å²) in [6.07, 6.45) is 4.32. The average Bonchev–Trinajstić information content (AvgIpc) is 3.44. The SMILES string of the molecule is COc1cc(N2C[C@H]3CC[C@@H](C2)[C@@H]3Nc2nc3n(n2)CC[C@H]3Oc2cc(F)cc(F)c2)cnn1. The van der Waals surface area contributed by atoms with Gasteiger partial charge in [-0.25, -0.2) is 13.5 Å². The van der Waals surface area contributed by atoms with E-state index >= 15 is 0 Å². The first-order chi connectivity index (χ1) is 16.6. The Bertz CT molecular complexity index is 1170. The van der Waals surface area contributed by atoms with Gasteiger partial charge in [-0.15, -0.1) is 10.2 Å². The second-order valence-electron chi connectivity index (χ2n) is 9.15. The van der Waals surface area contributed by atoms with E-state index in [-0.39, 0.29) is 11.8 Å². The Morgan fingerprint density at radius 2 is 1.79 bits per heavy atom. The van der Waals surface area contributed by atoms with E-state index in [0.29, 0.717) is 42.5 Å². The maximum atomic E-state index is 13.5. The Balaban J connectivity index is 1.14. The third kappa shape index (κ3) is 3.88. The molecule has 1 N–H and O–H groups in total. The lowest BCUT2D eigenvalue weighted by atomic mass is 9.92. The number of hydrogen-bond donors (Lipinski definition) is 1. The van der Waals surface area contributed by atoms with Crippen molar-refractivity contribution in [2.24, 2.45) is 11.8 Å². The Labute approximate surface area is 195 Å². The van der Waals surface area contributed by atoms with Crippen LogP contribution < -0.4 is 19.7 Å². The molecule has 0 amide bonds. The molecular formula is C23H25F2N7O2. The first-order valence-electron chi connectivity index (χ1n) is 11.5. The van der Waals surface area contributed by atoms with E-state index in [4.69, 9.17) is 9.47 Å². The number of fused-ring (bicyclic) bond motifs is 3. The van der Waals surface area contributed by atoms with Crippen LogP contribution in [-0.4, -0.2) is 51.2 Å².